The summed E-state index contributed by atoms with van der Waals surface area (Å²) in [4.78, 5) is 162. The highest BCUT2D eigenvalue weighted by Crippen LogP contribution is 2.63. The van der Waals surface area contributed by atoms with Crippen molar-refractivity contribution in [3.63, 3.8) is 0 Å². The predicted molar refractivity (Wildman–Crippen MR) is 425 cm³/mol. The molecule has 1 saturated heterocycles. The molecule has 4 unspecified atom stereocenters. The Morgan fingerprint density at radius 1 is 0.538 bits per heavy atom. The zero-order valence-electron chi connectivity index (χ0n) is 66.0. The van der Waals surface area contributed by atoms with E-state index in [9.17, 15) is 43.5 Å². The summed E-state index contributed by atoms with van der Waals surface area (Å²) in [6.07, 6.45) is -15.6. The van der Waals surface area contributed by atoms with E-state index in [1.165, 1.54) is 50.2 Å². The van der Waals surface area contributed by atoms with Crippen LogP contribution in [0, 0.1) is 17.3 Å². The molecule has 5 N–H and O–H groups in total. The zero-order chi connectivity index (χ0) is 83.7. The van der Waals surface area contributed by atoms with Crippen LogP contribution in [0.4, 0.5) is 19.2 Å². The Balaban J connectivity index is 0.774. The van der Waals surface area contributed by atoms with Crippen molar-refractivity contribution >= 4 is 66.0 Å². The number of ketones is 1. The van der Waals surface area contributed by atoms with Crippen molar-refractivity contribution < 1.29 is 110 Å². The quantitative estimate of drug-likeness (QED) is 0.0293. The van der Waals surface area contributed by atoms with Gasteiger partial charge in [0.2, 0.25) is 11.9 Å². The van der Waals surface area contributed by atoms with E-state index >= 15 is 14.4 Å². The smallest absolute Gasteiger partial charge is 0.408 e. The van der Waals surface area contributed by atoms with Gasteiger partial charge in [-0.15, -0.1) is 0 Å². The van der Waals surface area contributed by atoms with Crippen LogP contribution in [-0.4, -0.2) is 164 Å². The molecule has 614 valence electrons. The van der Waals surface area contributed by atoms with Gasteiger partial charge in [0, 0.05) is 49.9 Å². The van der Waals surface area contributed by atoms with Gasteiger partial charge in [-0.2, -0.15) is 0 Å². The molecular formula is C92H88N4O23. The summed E-state index contributed by atoms with van der Waals surface area (Å²) in [6.45, 7) is 4.77. The highest BCUT2D eigenvalue weighted by Gasteiger charge is 2.77. The number of allylic oxidation sites excluding steroid dienone is 1. The number of carbonyl (C=O) groups is 11. The minimum atomic E-state index is -2.71. The average Bonchev–Trinajstić information content (AvgIpc) is 1.46. The molecule has 27 heteroatoms. The largest absolute Gasteiger partial charge is 0.460 e. The number of amides is 4. The van der Waals surface area contributed by atoms with Crippen LogP contribution < -0.4 is 21.3 Å². The lowest BCUT2D eigenvalue weighted by Gasteiger charge is -2.65. The molecule has 8 aromatic rings. The normalized spacial score (nSPS) is 22.7. The summed E-state index contributed by atoms with van der Waals surface area (Å²) in [5.74, 6) is -13.8. The van der Waals surface area contributed by atoms with E-state index < -0.39 is 194 Å². The topological polar surface area (TPSA) is 358 Å². The van der Waals surface area contributed by atoms with Crippen molar-refractivity contribution in [1.82, 2.24) is 21.3 Å². The van der Waals surface area contributed by atoms with Crippen molar-refractivity contribution in [1.29, 1.82) is 0 Å². The van der Waals surface area contributed by atoms with E-state index in [1.807, 2.05) is 146 Å². The van der Waals surface area contributed by atoms with E-state index in [0.717, 1.165) is 73.7 Å². The molecule has 8 aromatic carbocycles. The van der Waals surface area contributed by atoms with Gasteiger partial charge in [-0.1, -0.05) is 201 Å². The molecule has 7 aliphatic rings. The zero-order valence-corrected chi connectivity index (χ0v) is 66.0. The molecule has 0 aromatic heterocycles. The Morgan fingerprint density at radius 2 is 0.966 bits per heavy atom. The van der Waals surface area contributed by atoms with Crippen LogP contribution >= 0.6 is 0 Å². The second kappa shape index (κ2) is 33.5. The van der Waals surface area contributed by atoms with E-state index in [2.05, 4.69) is 21.3 Å². The van der Waals surface area contributed by atoms with Gasteiger partial charge in [-0.3, -0.25) is 19.2 Å². The summed E-state index contributed by atoms with van der Waals surface area (Å²) in [5, 5.41) is 24.3. The molecule has 0 radical (unpaired) electrons. The average molecular weight is 1620 g/mol. The van der Waals surface area contributed by atoms with E-state index in [-0.39, 0.29) is 48.4 Å². The summed E-state index contributed by atoms with van der Waals surface area (Å²) >= 11 is 0. The van der Waals surface area contributed by atoms with Crippen LogP contribution in [0.15, 0.2) is 218 Å². The number of aliphatic hydroxyl groups is 1. The highest BCUT2D eigenvalue weighted by atomic mass is 16.6. The standard InChI is InChI=1S/C92H88N4O23/c1-51-67-42-91(108,43-71(51)113-84(103)79(77(53-25-9-7-10-26-53)96-88(107)119-89(3,4)5)116-76(100)46-95-87(106)111-49-70-65-39-23-17-33-59(65)60-34-18-24-40-66(60)70)82(117-83(102)54-27-11-8-12-28-54)80-90(6,81(101)78(67)115-75(99)45-94-86(105)110-48-69-63-37-21-15-31-57(63)58-32-16-22-38-64(58)69)72(41-73-92(80,50-112-73)118-52(2)97)114-74(98)44-93-85(104)109-47-68-61-35-19-13-29-55(61)56-30-14-20-36-62(56)68/h7-40,51,68-73,77,79-80,82,108H,41-50H2,1-6H3,(H,93,104)(H,94,105)(H,95,106)(H,96,107)/t51?,71-,72-,73?,77-,79+,80?,82-,90?,91+,92-/m0/s1. The Morgan fingerprint density at radius 3 is 1.40 bits per heavy atom. The molecule has 1 aliphatic heterocycles. The number of hydrogen-bond donors (Lipinski definition) is 5. The van der Waals surface area contributed by atoms with Gasteiger partial charge in [0.15, 0.2) is 11.4 Å². The number of benzene rings is 8. The molecule has 119 heavy (non-hydrogen) atoms. The van der Waals surface area contributed by atoms with Crippen molar-refractivity contribution in [2.24, 2.45) is 17.3 Å². The number of ether oxygens (including phenoxy) is 11. The molecule has 4 amide bonds. The van der Waals surface area contributed by atoms with Crippen molar-refractivity contribution in [3.05, 3.63) is 262 Å². The van der Waals surface area contributed by atoms with Gasteiger partial charge in [0.05, 0.1) is 23.5 Å². The number of fused-ring (bicyclic) bond motifs is 14. The summed E-state index contributed by atoms with van der Waals surface area (Å²) in [7, 11) is 0. The summed E-state index contributed by atoms with van der Waals surface area (Å²) in [6, 6.07) is 59.6. The lowest BCUT2D eigenvalue weighted by atomic mass is 9.48. The van der Waals surface area contributed by atoms with Gasteiger partial charge in [0.1, 0.15) is 81.1 Å². The third-order valence-corrected chi connectivity index (χ3v) is 23.4. The molecule has 11 atom stereocenters. The summed E-state index contributed by atoms with van der Waals surface area (Å²) in [5.41, 5.74) is 2.51. The van der Waals surface area contributed by atoms with Crippen LogP contribution in [0.3, 0.4) is 0 Å². The van der Waals surface area contributed by atoms with Gasteiger partial charge in [0.25, 0.3) is 0 Å². The Kier molecular flexibility index (Phi) is 22.9. The first-order valence-corrected chi connectivity index (χ1v) is 39.4. The van der Waals surface area contributed by atoms with Crippen molar-refractivity contribution in [3.8, 4) is 33.4 Å². The lowest BCUT2D eigenvalue weighted by molar-refractivity contribution is -0.340. The number of nitrogens with one attached hydrogen (secondary N) is 4. The van der Waals surface area contributed by atoms with Crippen LogP contribution in [0.1, 0.15) is 134 Å². The van der Waals surface area contributed by atoms with Crippen LogP contribution in [0.25, 0.3) is 33.4 Å². The third kappa shape index (κ3) is 16.3. The van der Waals surface area contributed by atoms with Crippen LogP contribution in [0.2, 0.25) is 0 Å². The monoisotopic (exact) mass is 1620 g/mol. The Bertz CT molecular complexity index is 5220. The number of hydrogen-bond acceptors (Lipinski definition) is 23. The number of carbonyl (C=O) groups excluding carboxylic acids is 11. The third-order valence-electron chi connectivity index (χ3n) is 23.4. The van der Waals surface area contributed by atoms with Crippen molar-refractivity contribution in [2.45, 2.75) is 132 Å². The van der Waals surface area contributed by atoms with Gasteiger partial charge >= 0.3 is 60.2 Å². The molecule has 6 aliphatic carbocycles. The molecule has 2 saturated carbocycles. The molecule has 27 nitrogen and oxygen atoms in total. The van der Waals surface area contributed by atoms with E-state index in [1.54, 1.807) is 45.0 Å². The first-order valence-electron chi connectivity index (χ1n) is 39.4. The first-order chi connectivity index (χ1) is 57.2. The fourth-order valence-corrected chi connectivity index (χ4v) is 18.0. The maximum Gasteiger partial charge on any atom is 0.408 e. The van der Waals surface area contributed by atoms with E-state index in [4.69, 9.17) is 52.1 Å². The van der Waals surface area contributed by atoms with Gasteiger partial charge in [-0.05, 0) is 118 Å². The second-order valence-electron chi connectivity index (χ2n) is 31.9. The molecule has 3 fully saturated rings. The molecule has 2 bridgehead atoms. The Hall–Kier alpha value is -13.0. The lowest BCUT2D eigenvalue weighted by Crippen LogP contribution is -2.80. The predicted octanol–water partition coefficient (Wildman–Crippen LogP) is 12.1. The maximum atomic E-state index is 17.1. The number of esters is 6. The minimum Gasteiger partial charge on any atom is -0.460 e. The Labute approximate surface area is 684 Å². The number of alkyl carbamates (subject to hydrolysis) is 4. The van der Waals surface area contributed by atoms with E-state index in [0.29, 0.717) is 0 Å². The first kappa shape index (κ1) is 81.1. The molecule has 15 rings (SSSR count). The maximum absolute atomic E-state index is 17.1. The number of rotatable bonds is 23. The fourth-order valence-electron chi connectivity index (χ4n) is 18.0. The SMILES string of the molecule is CC(=O)O[C@@]12COC1C[C@H](OC(=O)CNC(=O)OCC1c3ccccc3-c3ccccc31)C1(C)C(=O)C(OC(=O)CNC(=O)OCC3c4ccccc4-c4ccccc43)=C3C[C@@](O)(C[C@H](OC(=O)[C@H](OC(=O)CNC(=O)OCC4c5ccccc5-c5ccccc54)[C@@H](NC(=O)OC(C)(C)C)c4ccccc4)C3C)[C@@H](OC(=O)c3ccccc3)C12. The van der Waals surface area contributed by atoms with Crippen LogP contribution in [-0.2, 0) is 80.9 Å². The second-order valence-corrected chi connectivity index (χ2v) is 31.9. The van der Waals surface area contributed by atoms with Crippen LogP contribution in [0.5, 0.6) is 0 Å². The highest BCUT2D eigenvalue weighted by molar-refractivity contribution is 6.03. The fraction of sp³-hybridized carbons (Fsp3) is 0.337. The van der Waals surface area contributed by atoms with Gasteiger partial charge in [-0.25, -0.2) is 33.6 Å². The number of Topliss-reactive ketones (excluding diaryl/α,β-unsaturated/α-hetero) is 1. The summed E-state index contributed by atoms with van der Waals surface area (Å²) < 4.78 is 67.5. The molecule has 1 heterocycles. The molecular weight excluding hydrogens is 1530 g/mol. The van der Waals surface area contributed by atoms with Crippen molar-refractivity contribution in [2.75, 3.05) is 46.1 Å². The van der Waals surface area contributed by atoms with Gasteiger partial charge < -0.3 is 78.5 Å². The molecule has 0 spiro atoms. The minimum absolute atomic E-state index is 0.0871.